The van der Waals surface area contributed by atoms with Crippen LogP contribution in [0.25, 0.3) is 0 Å². The van der Waals surface area contributed by atoms with Gasteiger partial charge in [-0.3, -0.25) is 0 Å². The van der Waals surface area contributed by atoms with E-state index in [1.165, 1.54) is 19.3 Å². The number of hydrogen-bond acceptors (Lipinski definition) is 0. The van der Waals surface area contributed by atoms with Gasteiger partial charge in [0.25, 0.3) is 0 Å². The van der Waals surface area contributed by atoms with Gasteiger partial charge in [-0.05, 0) is 18.8 Å². The third-order valence-corrected chi connectivity index (χ3v) is 1.65. The molecule has 0 radical (unpaired) electrons. The molecule has 0 atom stereocenters. The molecule has 0 aromatic rings. The Morgan fingerprint density at radius 3 is 2.50 bits per heavy atom. The number of rotatable bonds is 6. The molecule has 12 heavy (non-hydrogen) atoms. The van der Waals surface area contributed by atoms with Crippen LogP contribution in [-0.4, -0.2) is 0 Å². The van der Waals surface area contributed by atoms with Crippen LogP contribution in [0.4, 0.5) is 0 Å². The van der Waals surface area contributed by atoms with Crippen molar-refractivity contribution >= 4 is 0 Å². The molecule has 0 spiro atoms. The molecule has 0 aliphatic carbocycles. The maximum absolute atomic E-state index is 3.60. The zero-order chi connectivity index (χ0) is 9.23. The van der Waals surface area contributed by atoms with Crippen molar-refractivity contribution in [2.75, 3.05) is 0 Å². The van der Waals surface area contributed by atoms with Gasteiger partial charge in [-0.25, -0.2) is 0 Å². The van der Waals surface area contributed by atoms with Gasteiger partial charge in [-0.1, -0.05) is 57.2 Å². The average Bonchev–Trinajstić information content (AvgIpc) is 2.02. The van der Waals surface area contributed by atoms with E-state index in [1.54, 1.807) is 6.08 Å². The second-order valence-corrected chi connectivity index (χ2v) is 3.37. The van der Waals surface area contributed by atoms with Gasteiger partial charge in [0.2, 0.25) is 0 Å². The first-order chi connectivity index (χ1) is 5.77. The van der Waals surface area contributed by atoms with E-state index in [9.17, 15) is 0 Å². The maximum Gasteiger partial charge on any atom is -0.0348 e. The van der Waals surface area contributed by atoms with E-state index in [2.05, 4.69) is 32.6 Å². The Labute approximate surface area is 76.7 Å². The molecule has 0 heterocycles. The normalized spacial score (nSPS) is 11.9. The smallest absolute Gasteiger partial charge is 0.0348 e. The fourth-order valence-electron chi connectivity index (χ4n) is 0.961. The summed E-state index contributed by atoms with van der Waals surface area (Å²) in [5, 5.41) is 0. The lowest BCUT2D eigenvalue weighted by atomic mass is 10.1. The van der Waals surface area contributed by atoms with Crippen molar-refractivity contribution in [3.8, 4) is 0 Å². The van der Waals surface area contributed by atoms with E-state index >= 15 is 0 Å². The summed E-state index contributed by atoms with van der Waals surface area (Å²) in [5.74, 6) is 0.835. The van der Waals surface area contributed by atoms with Gasteiger partial charge in [0.1, 0.15) is 0 Å². The Bertz CT molecular complexity index is 149. The second kappa shape index (κ2) is 8.32. The van der Waals surface area contributed by atoms with Crippen LogP contribution in [-0.2, 0) is 0 Å². The van der Waals surface area contributed by atoms with Gasteiger partial charge in [0.05, 0.1) is 0 Å². The van der Waals surface area contributed by atoms with Crippen LogP contribution in [0, 0.1) is 5.92 Å². The first kappa shape index (κ1) is 11.2. The second-order valence-electron chi connectivity index (χ2n) is 3.37. The summed E-state index contributed by atoms with van der Waals surface area (Å²) in [5.41, 5.74) is 0. The fraction of sp³-hybridized carbons (Fsp3) is 0.500. The first-order valence-corrected chi connectivity index (χ1v) is 4.71. The van der Waals surface area contributed by atoms with Crippen molar-refractivity contribution in [1.29, 1.82) is 0 Å². The lowest BCUT2D eigenvalue weighted by Crippen LogP contribution is -1.84. The van der Waals surface area contributed by atoms with Crippen molar-refractivity contribution in [1.82, 2.24) is 0 Å². The Balaban J connectivity index is 3.24. The predicted octanol–water partition coefficient (Wildman–Crippen LogP) is 4.11. The molecular weight excluding hydrogens is 144 g/mol. The minimum absolute atomic E-state index is 0.835. The first-order valence-electron chi connectivity index (χ1n) is 4.71. The van der Waals surface area contributed by atoms with Gasteiger partial charge < -0.3 is 0 Å². The van der Waals surface area contributed by atoms with Crippen LogP contribution in [0.1, 0.15) is 33.1 Å². The average molecular weight is 164 g/mol. The van der Waals surface area contributed by atoms with Crippen LogP contribution < -0.4 is 0 Å². The van der Waals surface area contributed by atoms with Crippen LogP contribution in [0.5, 0.6) is 0 Å². The molecule has 0 N–H and O–H groups in total. The molecule has 0 bridgehead atoms. The van der Waals surface area contributed by atoms with Crippen LogP contribution in [0.2, 0.25) is 0 Å². The monoisotopic (exact) mass is 164 g/mol. The zero-order valence-electron chi connectivity index (χ0n) is 8.29. The highest BCUT2D eigenvalue weighted by Gasteiger charge is 1.90. The van der Waals surface area contributed by atoms with Crippen molar-refractivity contribution < 1.29 is 0 Å². The molecule has 0 heteroatoms. The molecule has 0 aromatic carbocycles. The van der Waals surface area contributed by atoms with Crippen LogP contribution in [0.15, 0.2) is 37.0 Å². The minimum Gasteiger partial charge on any atom is -0.0991 e. The van der Waals surface area contributed by atoms with Gasteiger partial charge >= 0.3 is 0 Å². The molecule has 0 aromatic heterocycles. The van der Waals surface area contributed by atoms with E-state index in [4.69, 9.17) is 0 Å². The molecule has 0 fully saturated rings. The Kier molecular flexibility index (Phi) is 7.78. The fourth-order valence-corrected chi connectivity index (χ4v) is 0.961. The van der Waals surface area contributed by atoms with Crippen molar-refractivity contribution in [2.45, 2.75) is 33.1 Å². The summed E-state index contributed by atoms with van der Waals surface area (Å²) in [6.45, 7) is 8.13. The molecular formula is C12H20. The summed E-state index contributed by atoms with van der Waals surface area (Å²) in [7, 11) is 0. The van der Waals surface area contributed by atoms with E-state index in [0.29, 0.717) is 0 Å². The highest BCUT2D eigenvalue weighted by atomic mass is 14.0. The van der Waals surface area contributed by atoms with Crippen molar-refractivity contribution in [2.24, 2.45) is 5.92 Å². The topological polar surface area (TPSA) is 0 Å². The zero-order valence-corrected chi connectivity index (χ0v) is 8.29. The summed E-state index contributed by atoms with van der Waals surface area (Å²) in [6.07, 6.45) is 13.9. The predicted molar refractivity (Wildman–Crippen MR) is 57.2 cm³/mol. The number of unbranched alkanes of at least 4 members (excludes halogenated alkanes) is 1. The van der Waals surface area contributed by atoms with Crippen LogP contribution >= 0.6 is 0 Å². The lowest BCUT2D eigenvalue weighted by molar-refractivity contribution is 0.560. The summed E-state index contributed by atoms with van der Waals surface area (Å²) in [6, 6.07) is 0. The molecule has 0 unspecified atom stereocenters. The SMILES string of the molecule is C=C/C=C\C=C/CCCC(C)C. The van der Waals surface area contributed by atoms with E-state index < -0.39 is 0 Å². The summed E-state index contributed by atoms with van der Waals surface area (Å²) in [4.78, 5) is 0. The third-order valence-electron chi connectivity index (χ3n) is 1.65. The van der Waals surface area contributed by atoms with Gasteiger partial charge in [0.15, 0.2) is 0 Å². The molecule has 0 amide bonds. The Hall–Kier alpha value is -0.780. The third kappa shape index (κ3) is 9.22. The molecule has 0 aliphatic heterocycles. The van der Waals surface area contributed by atoms with Crippen LogP contribution in [0.3, 0.4) is 0 Å². The highest BCUT2D eigenvalue weighted by molar-refractivity contribution is 5.08. The summed E-state index contributed by atoms with van der Waals surface area (Å²) < 4.78 is 0. The molecule has 0 aliphatic rings. The minimum atomic E-state index is 0.835. The largest absolute Gasteiger partial charge is 0.0991 e. The Morgan fingerprint density at radius 2 is 1.92 bits per heavy atom. The van der Waals surface area contributed by atoms with Crippen molar-refractivity contribution in [3.63, 3.8) is 0 Å². The Morgan fingerprint density at radius 1 is 1.17 bits per heavy atom. The summed E-state index contributed by atoms with van der Waals surface area (Å²) >= 11 is 0. The van der Waals surface area contributed by atoms with Gasteiger partial charge in [-0.2, -0.15) is 0 Å². The molecule has 0 saturated heterocycles. The number of allylic oxidation sites excluding steroid dienone is 5. The molecule has 0 saturated carbocycles. The number of hydrogen-bond donors (Lipinski definition) is 0. The van der Waals surface area contributed by atoms with Gasteiger partial charge in [-0.15, -0.1) is 0 Å². The van der Waals surface area contributed by atoms with Crippen molar-refractivity contribution in [3.05, 3.63) is 37.0 Å². The van der Waals surface area contributed by atoms with Gasteiger partial charge in [0, 0.05) is 0 Å². The van der Waals surface area contributed by atoms with E-state index in [-0.39, 0.29) is 0 Å². The van der Waals surface area contributed by atoms with E-state index in [0.717, 1.165) is 5.92 Å². The maximum atomic E-state index is 3.60. The lowest BCUT2D eigenvalue weighted by Gasteiger charge is -1.99. The molecule has 68 valence electrons. The molecule has 0 nitrogen and oxygen atoms in total. The quantitative estimate of drug-likeness (QED) is 0.409. The van der Waals surface area contributed by atoms with E-state index in [1.807, 2.05) is 12.2 Å². The molecule has 0 rings (SSSR count). The highest BCUT2D eigenvalue weighted by Crippen LogP contribution is 2.06. The standard InChI is InChI=1S/C12H20/c1-4-5-6-7-8-9-10-11-12(2)3/h4-8,12H,1,9-11H2,2-3H3/b6-5-,8-7-.